The van der Waals surface area contributed by atoms with Crippen molar-refractivity contribution in [2.45, 2.75) is 39.2 Å². The average molecular weight is 214 g/mol. The Kier molecular flexibility index (Phi) is 6.22. The molecule has 0 aromatic rings. The molecule has 90 valence electrons. The van der Waals surface area contributed by atoms with Gasteiger partial charge in [0.2, 0.25) is 0 Å². The number of aliphatic hydroxyl groups is 1. The van der Waals surface area contributed by atoms with Gasteiger partial charge in [-0.1, -0.05) is 20.3 Å². The number of hydrogen-bond acceptors (Lipinski definition) is 3. The van der Waals surface area contributed by atoms with Crippen molar-refractivity contribution in [1.82, 2.24) is 10.2 Å². The smallest absolute Gasteiger partial charge is 0.0597 e. The number of nitrogens with zero attached hydrogens (tertiary/aromatic N) is 1. The maximum Gasteiger partial charge on any atom is 0.0597 e. The van der Waals surface area contributed by atoms with Crippen LogP contribution in [-0.2, 0) is 0 Å². The molecule has 0 spiro atoms. The molecule has 3 heteroatoms. The molecule has 1 rings (SSSR count). The van der Waals surface area contributed by atoms with Gasteiger partial charge in [-0.05, 0) is 31.8 Å². The van der Waals surface area contributed by atoms with Crippen LogP contribution in [0.2, 0.25) is 0 Å². The Morgan fingerprint density at radius 2 is 2.13 bits per heavy atom. The third-order valence-electron chi connectivity index (χ3n) is 3.38. The fourth-order valence-corrected chi connectivity index (χ4v) is 2.16. The van der Waals surface area contributed by atoms with Gasteiger partial charge in [-0.25, -0.2) is 0 Å². The van der Waals surface area contributed by atoms with Crippen LogP contribution in [0.5, 0.6) is 0 Å². The van der Waals surface area contributed by atoms with E-state index in [0.29, 0.717) is 0 Å². The zero-order valence-corrected chi connectivity index (χ0v) is 10.2. The van der Waals surface area contributed by atoms with Gasteiger partial charge in [-0.3, -0.25) is 0 Å². The summed E-state index contributed by atoms with van der Waals surface area (Å²) < 4.78 is 0. The molecule has 0 bridgehead atoms. The molecule has 1 atom stereocenters. The fraction of sp³-hybridized carbons (Fsp3) is 1.00. The van der Waals surface area contributed by atoms with E-state index in [2.05, 4.69) is 24.1 Å². The minimum absolute atomic E-state index is 0.245. The number of rotatable bonds is 8. The van der Waals surface area contributed by atoms with Crippen LogP contribution in [0, 0.1) is 5.92 Å². The maximum atomic E-state index is 9.22. The lowest BCUT2D eigenvalue weighted by Gasteiger charge is -2.33. The van der Waals surface area contributed by atoms with Crippen molar-refractivity contribution in [3.63, 3.8) is 0 Å². The lowest BCUT2D eigenvalue weighted by atomic mass is 9.85. The van der Waals surface area contributed by atoms with Crippen LogP contribution < -0.4 is 5.32 Å². The summed E-state index contributed by atoms with van der Waals surface area (Å²) in [5.74, 6) is 0.922. The van der Waals surface area contributed by atoms with E-state index in [-0.39, 0.29) is 12.6 Å². The van der Waals surface area contributed by atoms with Gasteiger partial charge in [0.25, 0.3) is 0 Å². The summed E-state index contributed by atoms with van der Waals surface area (Å²) in [4.78, 5) is 2.47. The maximum absolute atomic E-state index is 9.22. The van der Waals surface area contributed by atoms with Crippen LogP contribution in [0.1, 0.15) is 33.1 Å². The summed E-state index contributed by atoms with van der Waals surface area (Å²) in [7, 11) is 0. The van der Waals surface area contributed by atoms with Crippen molar-refractivity contribution < 1.29 is 5.11 Å². The summed E-state index contributed by atoms with van der Waals surface area (Å²) in [5, 5.41) is 12.5. The Morgan fingerprint density at radius 1 is 1.40 bits per heavy atom. The molecule has 1 aliphatic rings. The molecule has 15 heavy (non-hydrogen) atoms. The molecule has 1 aliphatic carbocycles. The second kappa shape index (κ2) is 7.20. The minimum atomic E-state index is 0.245. The molecule has 0 aliphatic heterocycles. The first-order chi connectivity index (χ1) is 7.30. The van der Waals surface area contributed by atoms with Gasteiger partial charge >= 0.3 is 0 Å². The van der Waals surface area contributed by atoms with E-state index >= 15 is 0 Å². The van der Waals surface area contributed by atoms with Gasteiger partial charge in [0.1, 0.15) is 0 Å². The minimum Gasteiger partial charge on any atom is -0.395 e. The average Bonchev–Trinajstić information content (AvgIpc) is 2.20. The predicted octanol–water partition coefficient (Wildman–Crippen LogP) is 1.08. The summed E-state index contributed by atoms with van der Waals surface area (Å²) in [6.45, 7) is 8.78. The van der Waals surface area contributed by atoms with Gasteiger partial charge in [0.05, 0.1) is 6.61 Å². The van der Waals surface area contributed by atoms with Crippen molar-refractivity contribution in [3.05, 3.63) is 0 Å². The topological polar surface area (TPSA) is 35.5 Å². The molecule has 0 radical (unpaired) electrons. The van der Waals surface area contributed by atoms with Crippen LogP contribution >= 0.6 is 0 Å². The van der Waals surface area contributed by atoms with Gasteiger partial charge in [-0.15, -0.1) is 0 Å². The summed E-state index contributed by atoms with van der Waals surface area (Å²) >= 11 is 0. The van der Waals surface area contributed by atoms with Crippen molar-refractivity contribution in [2.24, 2.45) is 5.92 Å². The molecule has 0 amide bonds. The molecule has 0 heterocycles. The predicted molar refractivity (Wildman–Crippen MR) is 64.0 cm³/mol. The van der Waals surface area contributed by atoms with Gasteiger partial charge in [0.15, 0.2) is 0 Å². The van der Waals surface area contributed by atoms with Gasteiger partial charge < -0.3 is 15.3 Å². The van der Waals surface area contributed by atoms with Gasteiger partial charge in [0, 0.05) is 19.1 Å². The third kappa shape index (κ3) is 4.49. The first-order valence-corrected chi connectivity index (χ1v) is 6.36. The van der Waals surface area contributed by atoms with Crippen LogP contribution in [0.4, 0.5) is 0 Å². The first-order valence-electron chi connectivity index (χ1n) is 6.36. The van der Waals surface area contributed by atoms with E-state index < -0.39 is 0 Å². The van der Waals surface area contributed by atoms with Crippen molar-refractivity contribution >= 4 is 0 Å². The van der Waals surface area contributed by atoms with E-state index in [1.807, 2.05) is 0 Å². The van der Waals surface area contributed by atoms with Gasteiger partial charge in [-0.2, -0.15) is 0 Å². The number of aliphatic hydroxyl groups excluding tert-OH is 1. The molecule has 1 unspecified atom stereocenters. The Hall–Kier alpha value is -0.120. The summed E-state index contributed by atoms with van der Waals surface area (Å²) in [6, 6.07) is 0.245. The lowest BCUT2D eigenvalue weighted by molar-refractivity contribution is 0.146. The molecule has 3 nitrogen and oxygen atoms in total. The number of likely N-dealkylation sites (N-methyl/N-ethyl adjacent to an activating group) is 2. The van der Waals surface area contributed by atoms with E-state index in [1.54, 1.807) is 0 Å². The van der Waals surface area contributed by atoms with Crippen molar-refractivity contribution in [3.8, 4) is 0 Å². The second-order valence-corrected chi connectivity index (χ2v) is 4.59. The highest BCUT2D eigenvalue weighted by Gasteiger charge is 2.21. The quantitative estimate of drug-likeness (QED) is 0.634. The molecular formula is C12H26N2O. The van der Waals surface area contributed by atoms with E-state index in [9.17, 15) is 5.11 Å². The molecule has 2 N–H and O–H groups in total. The third-order valence-corrected chi connectivity index (χ3v) is 3.38. The van der Waals surface area contributed by atoms with Crippen LogP contribution in [0.15, 0.2) is 0 Å². The standard InChI is InChI=1S/C12H26N2O/c1-3-13-12(10-15)9-14(4-2)8-11-6-5-7-11/h11-13,15H,3-10H2,1-2H3. The molecule has 1 saturated carbocycles. The molecule has 0 saturated heterocycles. The highest BCUT2D eigenvalue weighted by Crippen LogP contribution is 2.26. The van der Waals surface area contributed by atoms with Crippen LogP contribution in [-0.4, -0.2) is 48.8 Å². The number of hydrogen-bond donors (Lipinski definition) is 2. The molecule has 0 aromatic carbocycles. The highest BCUT2D eigenvalue weighted by molar-refractivity contribution is 4.76. The molecular weight excluding hydrogens is 188 g/mol. The Balaban J connectivity index is 2.23. The van der Waals surface area contributed by atoms with Crippen molar-refractivity contribution in [2.75, 3.05) is 32.8 Å². The second-order valence-electron chi connectivity index (χ2n) is 4.59. The molecule has 1 fully saturated rings. The van der Waals surface area contributed by atoms with Crippen LogP contribution in [0.25, 0.3) is 0 Å². The number of nitrogens with one attached hydrogen (secondary N) is 1. The Morgan fingerprint density at radius 3 is 2.53 bits per heavy atom. The Bertz CT molecular complexity index is 160. The summed E-state index contributed by atoms with van der Waals surface area (Å²) in [6.07, 6.45) is 4.22. The first kappa shape index (κ1) is 12.9. The van der Waals surface area contributed by atoms with E-state index in [0.717, 1.165) is 25.6 Å². The molecule has 0 aromatic heterocycles. The lowest BCUT2D eigenvalue weighted by Crippen LogP contribution is -2.45. The van der Waals surface area contributed by atoms with Crippen molar-refractivity contribution in [1.29, 1.82) is 0 Å². The van der Waals surface area contributed by atoms with E-state index in [4.69, 9.17) is 0 Å². The van der Waals surface area contributed by atoms with Crippen LogP contribution in [0.3, 0.4) is 0 Å². The highest BCUT2D eigenvalue weighted by atomic mass is 16.3. The zero-order chi connectivity index (χ0) is 11.1. The normalized spacial score (nSPS) is 19.2. The zero-order valence-electron chi connectivity index (χ0n) is 10.2. The Labute approximate surface area is 93.9 Å². The monoisotopic (exact) mass is 214 g/mol. The largest absolute Gasteiger partial charge is 0.395 e. The summed E-state index contributed by atoms with van der Waals surface area (Å²) in [5.41, 5.74) is 0. The van der Waals surface area contributed by atoms with E-state index in [1.165, 1.54) is 25.8 Å². The fourth-order valence-electron chi connectivity index (χ4n) is 2.16. The SMILES string of the molecule is CCNC(CO)CN(CC)CC1CCC1.